The maximum Gasteiger partial charge on any atom is 0.337 e. The molecule has 0 saturated heterocycles. The molecule has 7 heteroatoms. The number of hydrogen-bond acceptors (Lipinski definition) is 3. The van der Waals surface area contributed by atoms with Gasteiger partial charge in [-0.05, 0) is 19.1 Å². The molecule has 0 aliphatic carbocycles. The molecule has 0 bridgehead atoms. The van der Waals surface area contributed by atoms with Crippen LogP contribution in [0.3, 0.4) is 0 Å². The van der Waals surface area contributed by atoms with Crippen molar-refractivity contribution in [3.63, 3.8) is 0 Å². The fourth-order valence-electron chi connectivity index (χ4n) is 2.41. The summed E-state index contributed by atoms with van der Waals surface area (Å²) in [5.41, 5.74) is 1.97. The van der Waals surface area contributed by atoms with Crippen LogP contribution in [0.25, 0.3) is 0 Å². The number of carbonyl (C=O) groups excluding carboxylic acids is 2. The number of carbonyl (C=O) groups is 2. The Morgan fingerprint density at radius 1 is 1.30 bits per heavy atom. The third-order valence-corrected chi connectivity index (χ3v) is 3.47. The highest BCUT2D eigenvalue weighted by Crippen LogP contribution is 2.07. The molecule has 1 heterocycles. The van der Waals surface area contributed by atoms with E-state index in [-0.39, 0.29) is 25.0 Å². The highest BCUT2D eigenvalue weighted by molar-refractivity contribution is 5.93. The van der Waals surface area contributed by atoms with Gasteiger partial charge in [0.25, 0.3) is 0 Å². The van der Waals surface area contributed by atoms with Crippen molar-refractivity contribution in [3.8, 4) is 0 Å². The summed E-state index contributed by atoms with van der Waals surface area (Å²) in [7, 11) is 1.94. The molecular weight excluding hydrogens is 301 g/mol. The van der Waals surface area contributed by atoms with Crippen LogP contribution in [0.5, 0.6) is 0 Å². The number of hydrogen-bond donors (Lipinski definition) is 3. The van der Waals surface area contributed by atoms with E-state index in [2.05, 4.69) is 10.6 Å². The highest BCUT2D eigenvalue weighted by atomic mass is 19.1. The molecule has 1 aromatic carbocycles. The van der Waals surface area contributed by atoms with Crippen LogP contribution in [0.4, 0.5) is 9.18 Å². The first-order valence-corrected chi connectivity index (χ1v) is 7.49. The van der Waals surface area contributed by atoms with Gasteiger partial charge in [0.15, 0.2) is 0 Å². The lowest BCUT2D eigenvalue weighted by molar-refractivity contribution is -0.889. The Morgan fingerprint density at radius 3 is 2.65 bits per heavy atom. The van der Waals surface area contributed by atoms with Crippen LogP contribution in [0.1, 0.15) is 12.5 Å². The van der Waals surface area contributed by atoms with Gasteiger partial charge in [0.05, 0.1) is 31.5 Å². The second kappa shape index (κ2) is 7.73. The third kappa shape index (κ3) is 4.79. The summed E-state index contributed by atoms with van der Waals surface area (Å²) < 4.78 is 18.0. The second-order valence-electron chi connectivity index (χ2n) is 5.42. The quantitative estimate of drug-likeness (QED) is 0.644. The van der Waals surface area contributed by atoms with E-state index in [9.17, 15) is 14.0 Å². The van der Waals surface area contributed by atoms with Crippen molar-refractivity contribution in [2.75, 3.05) is 26.7 Å². The number of likely N-dealkylation sites (N-methyl/N-ethyl adjacent to an activating group) is 1. The minimum Gasteiger partial charge on any atom is -0.463 e. The lowest BCUT2D eigenvalue weighted by Crippen LogP contribution is -3.08. The van der Waals surface area contributed by atoms with E-state index in [4.69, 9.17) is 4.74 Å². The molecule has 2 amide bonds. The molecule has 3 N–H and O–H groups in total. The summed E-state index contributed by atoms with van der Waals surface area (Å²) in [6.07, 6.45) is 0. The second-order valence-corrected chi connectivity index (χ2v) is 5.42. The zero-order valence-electron chi connectivity index (χ0n) is 13.2. The van der Waals surface area contributed by atoms with Gasteiger partial charge < -0.3 is 20.3 Å². The number of nitrogens with one attached hydrogen (secondary N) is 3. The molecular formula is C16H21FN3O3+. The van der Waals surface area contributed by atoms with Gasteiger partial charge in [-0.25, -0.2) is 14.0 Å². The molecule has 0 saturated carbocycles. The molecule has 23 heavy (non-hydrogen) atoms. The summed E-state index contributed by atoms with van der Waals surface area (Å²) in [5, 5.41) is 5.25. The molecule has 6 nitrogen and oxygen atoms in total. The Bertz CT molecular complexity index is 614. The van der Waals surface area contributed by atoms with E-state index in [1.54, 1.807) is 19.1 Å². The zero-order valence-corrected chi connectivity index (χ0v) is 13.2. The number of esters is 1. The maximum absolute atomic E-state index is 12.9. The fourth-order valence-corrected chi connectivity index (χ4v) is 2.41. The first-order valence-electron chi connectivity index (χ1n) is 7.49. The van der Waals surface area contributed by atoms with Crippen molar-refractivity contribution in [3.05, 3.63) is 46.9 Å². The van der Waals surface area contributed by atoms with E-state index >= 15 is 0 Å². The molecule has 1 unspecified atom stereocenters. The van der Waals surface area contributed by atoms with Crippen molar-refractivity contribution in [1.82, 2.24) is 10.6 Å². The molecule has 124 valence electrons. The first-order chi connectivity index (χ1) is 11.0. The van der Waals surface area contributed by atoms with Crippen LogP contribution < -0.4 is 15.5 Å². The number of benzene rings is 1. The number of ether oxygens (including phenoxy) is 1. The molecule has 2 rings (SSSR count). The van der Waals surface area contributed by atoms with Crippen LogP contribution in [0.15, 0.2) is 35.5 Å². The Kier molecular flexibility index (Phi) is 5.70. The predicted octanol–water partition coefficient (Wildman–Crippen LogP) is -0.0296. The average molecular weight is 322 g/mol. The van der Waals surface area contributed by atoms with Gasteiger partial charge in [0.2, 0.25) is 0 Å². The van der Waals surface area contributed by atoms with Crippen LogP contribution in [0, 0.1) is 5.82 Å². The summed E-state index contributed by atoms with van der Waals surface area (Å²) in [6, 6.07) is 5.94. The van der Waals surface area contributed by atoms with Gasteiger partial charge in [-0.1, -0.05) is 12.1 Å². The first kappa shape index (κ1) is 17.0. The number of quaternary nitrogens is 1. The minimum absolute atomic E-state index is 0.157. The largest absolute Gasteiger partial charge is 0.463 e. The van der Waals surface area contributed by atoms with Crippen LogP contribution in [-0.2, 0) is 16.1 Å². The van der Waals surface area contributed by atoms with E-state index in [0.29, 0.717) is 24.4 Å². The lowest BCUT2D eigenvalue weighted by Gasteiger charge is -2.23. The molecule has 1 aliphatic heterocycles. The monoisotopic (exact) mass is 322 g/mol. The Labute approximate surface area is 134 Å². The fraction of sp³-hybridized carbons (Fsp3) is 0.375. The summed E-state index contributed by atoms with van der Waals surface area (Å²) in [4.78, 5) is 24.5. The summed E-state index contributed by atoms with van der Waals surface area (Å²) in [5.74, 6) is -0.700. The normalized spacial score (nSPS) is 15.7. The molecule has 0 radical (unpaired) electrons. The van der Waals surface area contributed by atoms with E-state index in [0.717, 1.165) is 10.5 Å². The van der Waals surface area contributed by atoms with Crippen molar-refractivity contribution in [2.24, 2.45) is 0 Å². The smallest absolute Gasteiger partial charge is 0.337 e. The zero-order chi connectivity index (χ0) is 16.8. The highest BCUT2D eigenvalue weighted by Gasteiger charge is 2.25. The third-order valence-electron chi connectivity index (χ3n) is 3.47. The van der Waals surface area contributed by atoms with E-state index < -0.39 is 5.97 Å². The lowest BCUT2D eigenvalue weighted by atomic mass is 10.1. The average Bonchev–Trinajstić information content (AvgIpc) is 2.50. The van der Waals surface area contributed by atoms with Gasteiger partial charge in [-0.3, -0.25) is 0 Å². The van der Waals surface area contributed by atoms with E-state index in [1.165, 1.54) is 12.1 Å². The maximum atomic E-state index is 12.9. The molecule has 1 aliphatic rings. The van der Waals surface area contributed by atoms with Crippen molar-refractivity contribution < 1.29 is 23.6 Å². The van der Waals surface area contributed by atoms with Crippen molar-refractivity contribution >= 4 is 12.0 Å². The Morgan fingerprint density at radius 2 is 2.00 bits per heavy atom. The Balaban J connectivity index is 2.08. The summed E-state index contributed by atoms with van der Waals surface area (Å²) in [6.45, 7) is 3.27. The van der Waals surface area contributed by atoms with Crippen LogP contribution >= 0.6 is 0 Å². The minimum atomic E-state index is -0.426. The van der Waals surface area contributed by atoms with Gasteiger partial charge in [-0.2, -0.15) is 0 Å². The SMILES string of the molecule is CCOC(=O)C1=C(C[NH+](C)Cc2ccc(F)cc2)NC(=O)NC1. The predicted molar refractivity (Wildman–Crippen MR) is 82.1 cm³/mol. The summed E-state index contributed by atoms with van der Waals surface area (Å²) >= 11 is 0. The standard InChI is InChI=1S/C16H20FN3O3/c1-3-23-15(21)13-8-18-16(22)19-14(13)10-20(2)9-11-4-6-12(17)7-5-11/h4-7H,3,8-10H2,1-2H3,(H2,18,19,22)/p+1. The molecule has 0 aromatic heterocycles. The molecule has 1 aromatic rings. The van der Waals surface area contributed by atoms with Crippen LogP contribution in [0.2, 0.25) is 0 Å². The number of halogens is 1. The van der Waals surface area contributed by atoms with Crippen molar-refractivity contribution in [1.29, 1.82) is 0 Å². The number of amides is 2. The topological polar surface area (TPSA) is 71.9 Å². The molecule has 0 fully saturated rings. The van der Waals surface area contributed by atoms with Gasteiger partial charge in [0.1, 0.15) is 18.9 Å². The number of rotatable bonds is 6. The van der Waals surface area contributed by atoms with E-state index in [1.807, 2.05) is 7.05 Å². The molecule has 0 spiro atoms. The van der Waals surface area contributed by atoms with Gasteiger partial charge in [0, 0.05) is 5.56 Å². The molecule has 1 atom stereocenters. The van der Waals surface area contributed by atoms with Gasteiger partial charge >= 0.3 is 12.0 Å². The Hall–Kier alpha value is -2.41. The number of urea groups is 1. The van der Waals surface area contributed by atoms with Gasteiger partial charge in [-0.15, -0.1) is 0 Å². The van der Waals surface area contributed by atoms with Crippen molar-refractivity contribution in [2.45, 2.75) is 13.5 Å². The van der Waals surface area contributed by atoms with Crippen LogP contribution in [-0.4, -0.2) is 38.7 Å².